The Labute approximate surface area is 223 Å². The molecular weight excluding hydrogens is 542 g/mol. The summed E-state index contributed by atoms with van der Waals surface area (Å²) in [6.07, 6.45) is -3.47. The van der Waals surface area contributed by atoms with Gasteiger partial charge in [-0.05, 0) is 59.4 Å². The number of carbonyl (C=O) groups is 2. The van der Waals surface area contributed by atoms with E-state index in [1.165, 1.54) is 24.3 Å². The van der Waals surface area contributed by atoms with Crippen LogP contribution in [0.4, 0.5) is 26.3 Å². The number of nitrogens with two attached hydrogens (primary N) is 2. The average Bonchev–Trinajstić information content (AvgIpc) is 2.88. The predicted molar refractivity (Wildman–Crippen MR) is 133 cm³/mol. The standard InChI is InChI=1S/C28H22F6N2O4/c29-27(30,31)21-13-15(25(23(37)38)9-5-17(35)6-10-25)1-3-19(21)20-4-2-16(14-22(20)28(32,33)34)26(24(39)40)11-7-18(36)8-12-26/h1-9,11,13-14H,10,12,35-36H2,(H,37,38)(H,39,40). The lowest BCUT2D eigenvalue weighted by Gasteiger charge is -2.30. The Morgan fingerprint density at radius 3 is 1.27 bits per heavy atom. The fourth-order valence-electron chi connectivity index (χ4n) is 4.88. The first-order valence-electron chi connectivity index (χ1n) is 11.7. The zero-order chi connectivity index (χ0) is 29.7. The molecule has 2 unspecified atom stereocenters. The van der Waals surface area contributed by atoms with Gasteiger partial charge in [0, 0.05) is 11.4 Å². The summed E-state index contributed by atoms with van der Waals surface area (Å²) in [5.41, 5.74) is 2.58. The van der Waals surface area contributed by atoms with Gasteiger partial charge in [-0.3, -0.25) is 9.59 Å². The van der Waals surface area contributed by atoms with Gasteiger partial charge in [-0.15, -0.1) is 0 Å². The zero-order valence-corrected chi connectivity index (χ0v) is 20.5. The highest BCUT2D eigenvalue weighted by Gasteiger charge is 2.45. The van der Waals surface area contributed by atoms with Crippen LogP contribution < -0.4 is 11.5 Å². The molecule has 2 aliphatic carbocycles. The van der Waals surface area contributed by atoms with Crippen LogP contribution in [0.5, 0.6) is 0 Å². The predicted octanol–water partition coefficient (Wildman–Crippen LogP) is 5.64. The second kappa shape index (κ2) is 9.61. The maximum absolute atomic E-state index is 14.3. The van der Waals surface area contributed by atoms with Crippen molar-refractivity contribution < 1.29 is 46.1 Å². The zero-order valence-electron chi connectivity index (χ0n) is 20.5. The van der Waals surface area contributed by atoms with E-state index in [0.29, 0.717) is 12.1 Å². The van der Waals surface area contributed by atoms with Crippen LogP contribution in [0.2, 0.25) is 0 Å². The summed E-state index contributed by atoms with van der Waals surface area (Å²) in [4.78, 5) is 24.3. The molecule has 2 aliphatic rings. The first-order chi connectivity index (χ1) is 18.5. The molecule has 2 atom stereocenters. The lowest BCUT2D eigenvalue weighted by Crippen LogP contribution is -2.35. The molecule has 6 nitrogen and oxygen atoms in total. The molecule has 4 rings (SSSR count). The molecule has 2 aromatic rings. The molecule has 210 valence electrons. The summed E-state index contributed by atoms with van der Waals surface area (Å²) in [5, 5.41) is 19.8. The first-order valence-corrected chi connectivity index (χ1v) is 11.7. The highest BCUT2D eigenvalue weighted by molar-refractivity contribution is 5.87. The second-order valence-corrected chi connectivity index (χ2v) is 9.55. The van der Waals surface area contributed by atoms with Crippen LogP contribution in [0.25, 0.3) is 11.1 Å². The largest absolute Gasteiger partial charge is 0.480 e. The van der Waals surface area contributed by atoms with Crippen molar-refractivity contribution in [3.63, 3.8) is 0 Å². The minimum Gasteiger partial charge on any atom is -0.480 e. The topological polar surface area (TPSA) is 127 Å². The fraction of sp³-hybridized carbons (Fsp3) is 0.214. The normalized spacial score (nSPS) is 22.9. The molecule has 0 fully saturated rings. The Morgan fingerprint density at radius 1 is 0.675 bits per heavy atom. The van der Waals surface area contributed by atoms with E-state index in [0.717, 1.165) is 36.4 Å². The summed E-state index contributed by atoms with van der Waals surface area (Å²) in [5.74, 6) is -2.94. The van der Waals surface area contributed by atoms with Gasteiger partial charge in [0.05, 0.1) is 11.1 Å². The molecule has 0 aromatic heterocycles. The molecule has 0 saturated carbocycles. The number of carboxylic acid groups (broad SMARTS) is 2. The molecule has 0 heterocycles. The van der Waals surface area contributed by atoms with Crippen molar-refractivity contribution in [2.24, 2.45) is 11.5 Å². The van der Waals surface area contributed by atoms with E-state index in [9.17, 15) is 46.1 Å². The van der Waals surface area contributed by atoms with E-state index < -0.39 is 57.4 Å². The molecule has 0 radical (unpaired) electrons. The van der Waals surface area contributed by atoms with E-state index in [1.54, 1.807) is 0 Å². The van der Waals surface area contributed by atoms with Crippen molar-refractivity contribution in [1.82, 2.24) is 0 Å². The van der Waals surface area contributed by atoms with Crippen molar-refractivity contribution >= 4 is 11.9 Å². The van der Waals surface area contributed by atoms with Crippen LogP contribution in [-0.4, -0.2) is 22.2 Å². The fourth-order valence-corrected chi connectivity index (χ4v) is 4.88. The number of hydrogen-bond donors (Lipinski definition) is 4. The average molecular weight is 564 g/mol. The van der Waals surface area contributed by atoms with E-state index in [2.05, 4.69) is 0 Å². The highest BCUT2D eigenvalue weighted by Crippen LogP contribution is 2.47. The van der Waals surface area contributed by atoms with Crippen molar-refractivity contribution in [2.75, 3.05) is 0 Å². The number of benzene rings is 2. The van der Waals surface area contributed by atoms with Gasteiger partial charge in [-0.2, -0.15) is 26.3 Å². The van der Waals surface area contributed by atoms with Gasteiger partial charge in [-0.25, -0.2) is 0 Å². The molecule has 0 amide bonds. The third-order valence-electron chi connectivity index (χ3n) is 7.17. The van der Waals surface area contributed by atoms with Gasteiger partial charge in [0.15, 0.2) is 0 Å². The molecule has 0 bridgehead atoms. The molecular formula is C28H22F6N2O4. The SMILES string of the molecule is NC1=CCC(C(=O)O)(c2ccc(-c3ccc(C4(C(=O)O)C=CC(N)=CC4)cc3C(F)(F)F)c(C(F)(F)F)c2)C=C1. The Morgan fingerprint density at radius 2 is 1.02 bits per heavy atom. The summed E-state index contributed by atoms with van der Waals surface area (Å²) in [7, 11) is 0. The van der Waals surface area contributed by atoms with Crippen molar-refractivity contribution in [2.45, 2.75) is 36.0 Å². The maximum Gasteiger partial charge on any atom is 0.417 e. The molecule has 12 heteroatoms. The van der Waals surface area contributed by atoms with Crippen LogP contribution in [0, 0.1) is 0 Å². The van der Waals surface area contributed by atoms with Crippen LogP contribution >= 0.6 is 0 Å². The minimum absolute atomic E-state index is 0.213. The number of hydrogen-bond acceptors (Lipinski definition) is 4. The lowest BCUT2D eigenvalue weighted by molar-refractivity contribution is -0.143. The summed E-state index contributed by atoms with van der Waals surface area (Å²) >= 11 is 0. The van der Waals surface area contributed by atoms with E-state index in [4.69, 9.17) is 11.5 Å². The van der Waals surface area contributed by atoms with Gasteiger partial charge in [0.2, 0.25) is 0 Å². The minimum atomic E-state index is -5.17. The smallest absolute Gasteiger partial charge is 0.417 e. The van der Waals surface area contributed by atoms with Gasteiger partial charge in [0.1, 0.15) is 10.8 Å². The van der Waals surface area contributed by atoms with Gasteiger partial charge < -0.3 is 21.7 Å². The number of halogens is 6. The van der Waals surface area contributed by atoms with Crippen molar-refractivity contribution in [3.8, 4) is 11.1 Å². The number of carboxylic acids is 2. The van der Waals surface area contributed by atoms with Gasteiger partial charge in [0.25, 0.3) is 0 Å². The summed E-state index contributed by atoms with van der Waals surface area (Å²) in [6.45, 7) is 0. The summed E-state index contributed by atoms with van der Waals surface area (Å²) in [6, 6.07) is 4.69. The Hall–Kier alpha value is -4.48. The van der Waals surface area contributed by atoms with Crippen LogP contribution in [0.15, 0.2) is 84.2 Å². The molecule has 6 N–H and O–H groups in total. The molecule has 0 saturated heterocycles. The second-order valence-electron chi connectivity index (χ2n) is 9.55. The van der Waals surface area contributed by atoms with Crippen LogP contribution in [0.1, 0.15) is 35.1 Å². The van der Waals surface area contributed by atoms with E-state index in [-0.39, 0.29) is 35.4 Å². The van der Waals surface area contributed by atoms with E-state index >= 15 is 0 Å². The lowest BCUT2D eigenvalue weighted by atomic mass is 9.73. The molecule has 0 spiro atoms. The number of rotatable bonds is 5. The van der Waals surface area contributed by atoms with Gasteiger partial charge in [-0.1, -0.05) is 48.6 Å². The Kier molecular flexibility index (Phi) is 6.86. The molecule has 0 aliphatic heterocycles. The monoisotopic (exact) mass is 564 g/mol. The van der Waals surface area contributed by atoms with Crippen molar-refractivity contribution in [3.05, 3.63) is 107 Å². The van der Waals surface area contributed by atoms with Crippen molar-refractivity contribution in [1.29, 1.82) is 0 Å². The Balaban J connectivity index is 1.94. The number of aliphatic carboxylic acids is 2. The first kappa shape index (κ1) is 28.5. The number of allylic oxidation sites excluding steroid dienone is 4. The maximum atomic E-state index is 14.3. The third kappa shape index (κ3) is 4.85. The Bertz CT molecular complexity index is 1410. The van der Waals surface area contributed by atoms with E-state index in [1.807, 2.05) is 0 Å². The third-order valence-corrected chi connectivity index (χ3v) is 7.17. The molecule has 2 aromatic carbocycles. The van der Waals surface area contributed by atoms with Crippen LogP contribution in [0.3, 0.4) is 0 Å². The molecule has 40 heavy (non-hydrogen) atoms. The van der Waals surface area contributed by atoms with Gasteiger partial charge >= 0.3 is 24.3 Å². The quantitative estimate of drug-likeness (QED) is 0.348. The summed E-state index contributed by atoms with van der Waals surface area (Å²) < 4.78 is 85.7. The number of alkyl halides is 6. The van der Waals surface area contributed by atoms with Crippen LogP contribution in [-0.2, 0) is 32.8 Å². The highest BCUT2D eigenvalue weighted by atomic mass is 19.4.